The van der Waals surface area contributed by atoms with Crippen molar-refractivity contribution in [2.24, 2.45) is 5.73 Å². The van der Waals surface area contributed by atoms with E-state index in [0.717, 1.165) is 0 Å². The van der Waals surface area contributed by atoms with Crippen molar-refractivity contribution in [2.75, 3.05) is 6.61 Å². The maximum Gasteiger partial charge on any atom is 0.250 e. The minimum atomic E-state index is -0.574. The van der Waals surface area contributed by atoms with Crippen molar-refractivity contribution < 1.29 is 9.53 Å². The van der Waals surface area contributed by atoms with Crippen LogP contribution in [0.4, 0.5) is 0 Å². The van der Waals surface area contributed by atoms with Crippen LogP contribution in [0.25, 0.3) is 0 Å². The minimum absolute atomic E-state index is 0.216. The molecule has 16 heavy (non-hydrogen) atoms. The van der Waals surface area contributed by atoms with Crippen molar-refractivity contribution in [3.63, 3.8) is 0 Å². The van der Waals surface area contributed by atoms with Gasteiger partial charge in [0.15, 0.2) is 0 Å². The molecule has 0 saturated carbocycles. The van der Waals surface area contributed by atoms with E-state index in [1.165, 1.54) is 6.42 Å². The molecule has 0 atom stereocenters. The van der Waals surface area contributed by atoms with Crippen LogP contribution in [0.5, 0.6) is 0 Å². The van der Waals surface area contributed by atoms with Crippen molar-refractivity contribution in [3.8, 4) is 6.07 Å². The second-order valence-corrected chi connectivity index (χ2v) is 3.37. The molecule has 5 heteroatoms. The Morgan fingerprint density at radius 3 is 3.00 bits per heavy atom. The lowest BCUT2D eigenvalue weighted by molar-refractivity contribution is 0.1000. The fraction of sp³-hybridized carbons (Fsp3) is 0.182. The van der Waals surface area contributed by atoms with Gasteiger partial charge < -0.3 is 10.5 Å². The zero-order valence-corrected chi connectivity index (χ0v) is 9.20. The van der Waals surface area contributed by atoms with E-state index >= 15 is 0 Å². The molecule has 0 aliphatic heterocycles. The third-order valence-corrected chi connectivity index (χ3v) is 2.34. The first-order valence-electron chi connectivity index (χ1n) is 4.53. The Kier molecular flexibility index (Phi) is 4.77. The van der Waals surface area contributed by atoms with E-state index in [9.17, 15) is 4.79 Å². The van der Waals surface area contributed by atoms with Gasteiger partial charge in [0.25, 0.3) is 0 Å². The number of halogens is 1. The van der Waals surface area contributed by atoms with Crippen LogP contribution in [-0.4, -0.2) is 12.5 Å². The quantitative estimate of drug-likeness (QED) is 0.792. The monoisotopic (exact) mass is 237 g/mol. The van der Waals surface area contributed by atoms with Crippen LogP contribution >= 0.6 is 11.6 Å². The number of hydrogen-bond donors (Lipinski definition) is 1. The summed E-state index contributed by atoms with van der Waals surface area (Å²) in [6.45, 7) is 0.450. The molecule has 0 aliphatic rings. The molecule has 2 N–H and O–H groups in total. The van der Waals surface area contributed by atoms with Crippen LogP contribution in [0.3, 0.4) is 0 Å². The highest BCUT2D eigenvalue weighted by Gasteiger charge is 2.10. The van der Waals surface area contributed by atoms with Crippen LogP contribution in [0, 0.1) is 17.8 Å². The van der Waals surface area contributed by atoms with Gasteiger partial charge in [-0.3, -0.25) is 4.79 Å². The number of nitrogens with two attached hydrogens (primary N) is 1. The van der Waals surface area contributed by atoms with Crippen LogP contribution in [-0.2, 0) is 11.3 Å². The number of rotatable bonds is 5. The molecule has 0 unspecified atom stereocenters. The molecule has 83 valence electrons. The number of benzene rings is 1. The highest BCUT2D eigenvalue weighted by molar-refractivity contribution is 6.34. The molecule has 0 fully saturated rings. The van der Waals surface area contributed by atoms with E-state index in [-0.39, 0.29) is 18.8 Å². The smallest absolute Gasteiger partial charge is 0.250 e. The number of carbonyl (C=O) groups is 1. The van der Waals surface area contributed by atoms with Gasteiger partial charge in [-0.25, -0.2) is 0 Å². The summed E-state index contributed by atoms with van der Waals surface area (Å²) in [7, 11) is 0. The number of primary amides is 1. The average molecular weight is 238 g/mol. The van der Waals surface area contributed by atoms with Gasteiger partial charge in [0.2, 0.25) is 5.91 Å². The SMILES string of the molecule is N#C[CH]COCc1cccc(C(N)=O)c1Cl. The number of nitrogens with zero attached hydrogens (tertiary/aromatic N) is 1. The standard InChI is InChI=1S/C11H10ClN2O2/c12-10-8(7-16-6-2-5-13)3-1-4-9(10)11(14)15/h1-4H,6-7H2,(H2,14,15). The fourth-order valence-corrected chi connectivity index (χ4v) is 1.42. The van der Waals surface area contributed by atoms with Gasteiger partial charge in [-0.2, -0.15) is 5.26 Å². The highest BCUT2D eigenvalue weighted by Crippen LogP contribution is 2.21. The molecule has 1 aromatic carbocycles. The zero-order valence-electron chi connectivity index (χ0n) is 8.44. The number of amides is 1. The molecule has 0 saturated heterocycles. The summed E-state index contributed by atoms with van der Waals surface area (Å²) in [5, 5.41) is 8.56. The largest absolute Gasteiger partial charge is 0.375 e. The molecule has 1 aromatic rings. The summed E-state index contributed by atoms with van der Waals surface area (Å²) < 4.78 is 5.16. The lowest BCUT2D eigenvalue weighted by Crippen LogP contribution is -2.12. The van der Waals surface area contributed by atoms with Gasteiger partial charge in [0.05, 0.1) is 36.3 Å². The summed E-state index contributed by atoms with van der Waals surface area (Å²) in [5.41, 5.74) is 6.09. The summed E-state index contributed by atoms with van der Waals surface area (Å²) in [6, 6.07) is 6.81. The van der Waals surface area contributed by atoms with Crippen molar-refractivity contribution in [1.29, 1.82) is 5.26 Å². The Bertz CT molecular complexity index is 426. The van der Waals surface area contributed by atoms with Crippen LogP contribution in [0.1, 0.15) is 15.9 Å². The maximum atomic E-state index is 11.0. The topological polar surface area (TPSA) is 76.1 Å². The molecule has 1 rings (SSSR count). The summed E-state index contributed by atoms with van der Waals surface area (Å²) in [5.74, 6) is -0.574. The predicted molar refractivity (Wildman–Crippen MR) is 59.5 cm³/mol. The number of nitriles is 1. The van der Waals surface area contributed by atoms with Gasteiger partial charge in [-0.1, -0.05) is 23.7 Å². The maximum absolute atomic E-state index is 11.0. The van der Waals surface area contributed by atoms with Crippen LogP contribution in [0.15, 0.2) is 18.2 Å². The van der Waals surface area contributed by atoms with Crippen LogP contribution in [0.2, 0.25) is 5.02 Å². The molecule has 1 amide bonds. The lowest BCUT2D eigenvalue weighted by Gasteiger charge is -2.07. The molecule has 0 aromatic heterocycles. The lowest BCUT2D eigenvalue weighted by atomic mass is 10.1. The Balaban J connectivity index is 2.70. The fourth-order valence-electron chi connectivity index (χ4n) is 1.15. The Morgan fingerprint density at radius 1 is 1.62 bits per heavy atom. The molecular formula is C11H10ClN2O2. The van der Waals surface area contributed by atoms with Crippen molar-refractivity contribution in [1.82, 2.24) is 0 Å². The summed E-state index contributed by atoms with van der Waals surface area (Å²) >= 11 is 5.96. The third-order valence-electron chi connectivity index (χ3n) is 1.89. The minimum Gasteiger partial charge on any atom is -0.375 e. The van der Waals surface area contributed by atoms with Crippen molar-refractivity contribution in [2.45, 2.75) is 6.61 Å². The predicted octanol–water partition coefficient (Wildman–Crippen LogP) is 1.68. The van der Waals surface area contributed by atoms with E-state index in [1.54, 1.807) is 18.2 Å². The Morgan fingerprint density at radius 2 is 2.38 bits per heavy atom. The Labute approximate surface area is 98.6 Å². The summed E-state index contributed by atoms with van der Waals surface area (Å²) in [4.78, 5) is 11.0. The van der Waals surface area contributed by atoms with E-state index < -0.39 is 5.91 Å². The average Bonchev–Trinajstić information content (AvgIpc) is 2.26. The van der Waals surface area contributed by atoms with Gasteiger partial charge in [0.1, 0.15) is 0 Å². The number of carbonyl (C=O) groups excluding carboxylic acids is 1. The zero-order chi connectivity index (χ0) is 12.0. The van der Waals surface area contributed by atoms with E-state index in [1.807, 2.05) is 6.07 Å². The van der Waals surface area contributed by atoms with E-state index in [2.05, 4.69) is 0 Å². The van der Waals surface area contributed by atoms with E-state index in [4.69, 9.17) is 27.3 Å². The molecular weight excluding hydrogens is 228 g/mol. The molecule has 0 spiro atoms. The first-order chi connectivity index (χ1) is 7.66. The molecule has 0 aliphatic carbocycles. The van der Waals surface area contributed by atoms with Crippen molar-refractivity contribution in [3.05, 3.63) is 40.8 Å². The second kappa shape index (κ2) is 6.11. The molecule has 0 heterocycles. The normalized spacial score (nSPS) is 9.75. The Hall–Kier alpha value is -1.57. The second-order valence-electron chi connectivity index (χ2n) is 2.99. The molecule has 4 nitrogen and oxygen atoms in total. The molecule has 0 bridgehead atoms. The van der Waals surface area contributed by atoms with Gasteiger partial charge in [0, 0.05) is 0 Å². The van der Waals surface area contributed by atoms with Crippen molar-refractivity contribution >= 4 is 17.5 Å². The molecule has 1 radical (unpaired) electrons. The summed E-state index contributed by atoms with van der Waals surface area (Å²) in [6.07, 6.45) is 1.33. The van der Waals surface area contributed by atoms with Gasteiger partial charge in [-0.05, 0) is 11.6 Å². The number of ether oxygens (including phenoxy) is 1. The van der Waals surface area contributed by atoms with Gasteiger partial charge >= 0.3 is 0 Å². The first kappa shape index (κ1) is 12.5. The van der Waals surface area contributed by atoms with Crippen LogP contribution < -0.4 is 5.73 Å². The highest BCUT2D eigenvalue weighted by atomic mass is 35.5. The third kappa shape index (κ3) is 3.23. The van der Waals surface area contributed by atoms with E-state index in [0.29, 0.717) is 10.6 Å². The first-order valence-corrected chi connectivity index (χ1v) is 4.91. The van der Waals surface area contributed by atoms with Gasteiger partial charge in [-0.15, -0.1) is 0 Å². The number of hydrogen-bond acceptors (Lipinski definition) is 3.